The van der Waals surface area contributed by atoms with Crippen LogP contribution in [0.4, 0.5) is 5.95 Å². The second kappa shape index (κ2) is 8.66. The number of hydrogen-bond acceptors (Lipinski definition) is 7. The van der Waals surface area contributed by atoms with Crippen LogP contribution in [-0.4, -0.2) is 48.2 Å². The first-order valence-electron chi connectivity index (χ1n) is 9.02. The third kappa shape index (κ3) is 4.64. The first-order chi connectivity index (χ1) is 13.1. The van der Waals surface area contributed by atoms with E-state index in [-0.39, 0.29) is 23.8 Å². The van der Waals surface area contributed by atoms with Crippen LogP contribution in [-0.2, 0) is 11.3 Å². The fourth-order valence-corrected chi connectivity index (χ4v) is 3.13. The molecule has 8 nitrogen and oxygen atoms in total. The van der Waals surface area contributed by atoms with Crippen LogP contribution in [0.2, 0.25) is 0 Å². The zero-order valence-corrected chi connectivity index (χ0v) is 15.9. The molecule has 0 aliphatic carbocycles. The van der Waals surface area contributed by atoms with E-state index in [0.717, 1.165) is 18.4 Å². The fraction of sp³-hybridized carbons (Fsp3) is 0.474. The van der Waals surface area contributed by atoms with Gasteiger partial charge in [0.1, 0.15) is 0 Å². The summed E-state index contributed by atoms with van der Waals surface area (Å²) in [6, 6.07) is 8.52. The number of nitrogens with zero attached hydrogens (tertiary/aromatic N) is 4. The lowest BCUT2D eigenvalue weighted by atomic mass is 9.96. The summed E-state index contributed by atoms with van der Waals surface area (Å²) in [6.45, 7) is 4.00. The summed E-state index contributed by atoms with van der Waals surface area (Å²) < 4.78 is 10.2. The molecule has 0 unspecified atom stereocenters. The van der Waals surface area contributed by atoms with Crippen molar-refractivity contribution in [3.63, 3.8) is 0 Å². The number of piperidine rings is 1. The molecule has 0 bridgehead atoms. The minimum Gasteiger partial charge on any atom is -0.467 e. The predicted octanol–water partition coefficient (Wildman–Crippen LogP) is 1.73. The van der Waals surface area contributed by atoms with Gasteiger partial charge in [-0.25, -0.2) is 0 Å². The van der Waals surface area contributed by atoms with Crippen LogP contribution < -0.4 is 19.7 Å². The molecule has 1 aromatic carbocycles. The van der Waals surface area contributed by atoms with E-state index < -0.39 is 0 Å². The van der Waals surface area contributed by atoms with E-state index in [0.29, 0.717) is 25.6 Å². The van der Waals surface area contributed by atoms with Gasteiger partial charge in [0.15, 0.2) is 0 Å². The molecular weight excluding hydrogens is 346 g/mol. The van der Waals surface area contributed by atoms with Gasteiger partial charge in [0, 0.05) is 25.6 Å². The number of rotatable bonds is 6. The van der Waals surface area contributed by atoms with Crippen LogP contribution in [0.1, 0.15) is 24.0 Å². The Balaban J connectivity index is 1.55. The number of ether oxygens (including phenoxy) is 2. The molecule has 1 saturated heterocycles. The van der Waals surface area contributed by atoms with Crippen molar-refractivity contribution in [3.8, 4) is 12.0 Å². The first kappa shape index (κ1) is 18.9. The highest BCUT2D eigenvalue weighted by Crippen LogP contribution is 2.23. The highest BCUT2D eigenvalue weighted by molar-refractivity contribution is 5.79. The molecule has 1 aliphatic heterocycles. The Labute approximate surface area is 158 Å². The third-order valence-corrected chi connectivity index (χ3v) is 4.81. The number of hydrogen-bond donors (Lipinski definition) is 1. The maximum atomic E-state index is 12.5. The van der Waals surface area contributed by atoms with E-state index in [1.54, 1.807) is 0 Å². The molecule has 0 radical (unpaired) electrons. The Hall–Kier alpha value is -2.90. The van der Waals surface area contributed by atoms with E-state index in [1.165, 1.54) is 19.8 Å². The highest BCUT2D eigenvalue weighted by atomic mass is 16.5. The molecule has 27 heavy (non-hydrogen) atoms. The fourth-order valence-electron chi connectivity index (χ4n) is 3.13. The average molecular weight is 371 g/mol. The van der Waals surface area contributed by atoms with Crippen LogP contribution in [0.3, 0.4) is 0 Å². The van der Waals surface area contributed by atoms with Crippen molar-refractivity contribution in [1.82, 2.24) is 20.3 Å². The molecule has 0 spiro atoms. The molecule has 1 aliphatic rings. The minimum atomic E-state index is -0.00380. The van der Waals surface area contributed by atoms with E-state index in [4.69, 9.17) is 9.47 Å². The van der Waals surface area contributed by atoms with Gasteiger partial charge in [0.25, 0.3) is 0 Å². The second-order valence-electron chi connectivity index (χ2n) is 6.51. The van der Waals surface area contributed by atoms with Crippen LogP contribution in [0, 0.1) is 12.8 Å². The predicted molar refractivity (Wildman–Crippen MR) is 101 cm³/mol. The van der Waals surface area contributed by atoms with Gasteiger partial charge in [-0.3, -0.25) is 4.79 Å². The summed E-state index contributed by atoms with van der Waals surface area (Å²) in [5.41, 5.74) is 2.33. The number of carbonyl (C=O) groups is 1. The molecule has 8 heteroatoms. The number of benzene rings is 1. The lowest BCUT2D eigenvalue weighted by molar-refractivity contribution is -0.125. The molecule has 0 saturated carbocycles. The monoisotopic (exact) mass is 371 g/mol. The molecule has 2 heterocycles. The van der Waals surface area contributed by atoms with Gasteiger partial charge >= 0.3 is 12.0 Å². The Morgan fingerprint density at radius 3 is 2.33 bits per heavy atom. The Kier molecular flexibility index (Phi) is 6.05. The average Bonchev–Trinajstić information content (AvgIpc) is 2.72. The molecule has 3 rings (SSSR count). The molecule has 1 N–H and O–H groups in total. The van der Waals surface area contributed by atoms with Gasteiger partial charge in [-0.1, -0.05) is 24.3 Å². The normalized spacial score (nSPS) is 14.7. The van der Waals surface area contributed by atoms with E-state index in [2.05, 4.69) is 33.3 Å². The molecule has 1 fully saturated rings. The molecular formula is C19H25N5O3. The summed E-state index contributed by atoms with van der Waals surface area (Å²) in [7, 11) is 3.01. The third-order valence-electron chi connectivity index (χ3n) is 4.81. The highest BCUT2D eigenvalue weighted by Gasteiger charge is 2.27. The summed E-state index contributed by atoms with van der Waals surface area (Å²) in [4.78, 5) is 27.1. The zero-order valence-electron chi connectivity index (χ0n) is 15.9. The number of aromatic nitrogens is 3. The SMILES string of the molecule is COc1nc(OC)nc(N2CCC(C(=O)NCc3ccccc3C)CC2)n1. The summed E-state index contributed by atoms with van der Waals surface area (Å²) in [5.74, 6) is 0.608. The minimum absolute atomic E-state index is 0.00380. The largest absolute Gasteiger partial charge is 0.467 e. The van der Waals surface area contributed by atoms with Crippen molar-refractivity contribution >= 4 is 11.9 Å². The van der Waals surface area contributed by atoms with E-state index in [1.807, 2.05) is 23.1 Å². The smallest absolute Gasteiger partial charge is 0.324 e. The Morgan fingerprint density at radius 1 is 1.11 bits per heavy atom. The number of methoxy groups -OCH3 is 2. The van der Waals surface area contributed by atoms with Crippen LogP contribution in [0.5, 0.6) is 12.0 Å². The topological polar surface area (TPSA) is 89.5 Å². The molecule has 0 atom stereocenters. The number of carbonyl (C=O) groups excluding carboxylic acids is 1. The van der Waals surface area contributed by atoms with Crippen molar-refractivity contribution in [1.29, 1.82) is 0 Å². The summed E-state index contributed by atoms with van der Waals surface area (Å²) in [6.07, 6.45) is 1.49. The van der Waals surface area contributed by atoms with Gasteiger partial charge in [-0.2, -0.15) is 9.97 Å². The number of amides is 1. The van der Waals surface area contributed by atoms with E-state index in [9.17, 15) is 4.79 Å². The number of nitrogens with one attached hydrogen (secondary N) is 1. The lowest BCUT2D eigenvalue weighted by Gasteiger charge is -2.31. The van der Waals surface area contributed by atoms with Crippen molar-refractivity contribution < 1.29 is 14.3 Å². The molecule has 1 aromatic heterocycles. The quantitative estimate of drug-likeness (QED) is 0.827. The van der Waals surface area contributed by atoms with Crippen LogP contribution in [0.15, 0.2) is 24.3 Å². The van der Waals surface area contributed by atoms with Gasteiger partial charge in [-0.05, 0) is 30.9 Å². The molecule has 1 amide bonds. The van der Waals surface area contributed by atoms with Crippen molar-refractivity contribution in [2.75, 3.05) is 32.2 Å². The first-order valence-corrected chi connectivity index (χ1v) is 9.02. The maximum absolute atomic E-state index is 12.5. The Morgan fingerprint density at radius 2 is 1.74 bits per heavy atom. The van der Waals surface area contributed by atoms with Gasteiger partial charge in [-0.15, -0.1) is 4.98 Å². The van der Waals surface area contributed by atoms with Gasteiger partial charge in [0.05, 0.1) is 14.2 Å². The second-order valence-corrected chi connectivity index (χ2v) is 6.51. The summed E-state index contributed by atoms with van der Waals surface area (Å²) >= 11 is 0. The van der Waals surface area contributed by atoms with E-state index >= 15 is 0 Å². The zero-order chi connectivity index (χ0) is 19.2. The standard InChI is InChI=1S/C19H25N5O3/c1-13-6-4-5-7-15(13)12-20-16(25)14-8-10-24(11-9-14)17-21-18(26-2)23-19(22-17)27-3/h4-7,14H,8-12H2,1-3H3,(H,20,25). The van der Waals surface area contributed by atoms with Crippen LogP contribution in [0.25, 0.3) is 0 Å². The van der Waals surface area contributed by atoms with Crippen LogP contribution >= 0.6 is 0 Å². The van der Waals surface area contributed by atoms with Gasteiger partial charge in [0.2, 0.25) is 11.9 Å². The maximum Gasteiger partial charge on any atom is 0.324 e. The number of anilines is 1. The lowest BCUT2D eigenvalue weighted by Crippen LogP contribution is -2.41. The van der Waals surface area contributed by atoms with Gasteiger partial charge < -0.3 is 19.7 Å². The Bertz CT molecular complexity index is 768. The summed E-state index contributed by atoms with van der Waals surface area (Å²) in [5, 5.41) is 3.06. The molecule has 2 aromatic rings. The van der Waals surface area contributed by atoms with Crippen molar-refractivity contribution in [3.05, 3.63) is 35.4 Å². The van der Waals surface area contributed by atoms with Crippen molar-refractivity contribution in [2.24, 2.45) is 5.92 Å². The number of aryl methyl sites for hydroxylation is 1. The van der Waals surface area contributed by atoms with Crippen molar-refractivity contribution in [2.45, 2.75) is 26.3 Å². The molecule has 144 valence electrons.